The van der Waals surface area contributed by atoms with E-state index >= 15 is 0 Å². The predicted octanol–water partition coefficient (Wildman–Crippen LogP) is 3.79. The Kier molecular flexibility index (Phi) is 5.31. The molecule has 0 saturated heterocycles. The lowest BCUT2D eigenvalue weighted by Gasteiger charge is -2.18. The Morgan fingerprint density at radius 3 is 3.07 bits per heavy atom. The van der Waals surface area contributed by atoms with Crippen LogP contribution in [0.15, 0.2) is 11.0 Å². The standard InChI is InChI=1S/C12H20OS/c1-3-4-8-14-9-11-7-5-6-10(2)12(11)13/h9-10H,3-8H2,1-2H3. The number of unbranched alkanes of at least 4 members (excludes halogenated alkanes) is 1. The molecule has 0 aromatic carbocycles. The van der Waals surface area contributed by atoms with E-state index in [2.05, 4.69) is 12.3 Å². The molecule has 2 heteroatoms. The van der Waals surface area contributed by atoms with Crippen LogP contribution in [-0.4, -0.2) is 11.5 Å². The first-order chi connectivity index (χ1) is 6.75. The summed E-state index contributed by atoms with van der Waals surface area (Å²) in [5, 5.41) is 2.10. The van der Waals surface area contributed by atoms with Crippen molar-refractivity contribution in [2.45, 2.75) is 46.0 Å². The molecule has 1 saturated carbocycles. The fourth-order valence-electron chi connectivity index (χ4n) is 1.67. The van der Waals surface area contributed by atoms with Crippen LogP contribution in [0, 0.1) is 5.92 Å². The van der Waals surface area contributed by atoms with E-state index in [4.69, 9.17) is 0 Å². The zero-order valence-corrected chi connectivity index (χ0v) is 10.0. The van der Waals surface area contributed by atoms with Gasteiger partial charge in [-0.2, -0.15) is 0 Å². The van der Waals surface area contributed by atoms with Gasteiger partial charge >= 0.3 is 0 Å². The summed E-state index contributed by atoms with van der Waals surface area (Å²) >= 11 is 1.81. The summed E-state index contributed by atoms with van der Waals surface area (Å²) in [6.45, 7) is 4.24. The van der Waals surface area contributed by atoms with Gasteiger partial charge in [-0.15, -0.1) is 11.8 Å². The predicted molar refractivity (Wildman–Crippen MR) is 63.5 cm³/mol. The van der Waals surface area contributed by atoms with Gasteiger partial charge in [0.05, 0.1) is 0 Å². The summed E-state index contributed by atoms with van der Waals surface area (Å²) in [6.07, 6.45) is 5.75. The fraction of sp³-hybridized carbons (Fsp3) is 0.750. The maximum absolute atomic E-state index is 11.7. The number of Topliss-reactive ketones (excluding diaryl/α,β-unsaturated/α-hetero) is 1. The number of hydrogen-bond donors (Lipinski definition) is 0. The SMILES string of the molecule is CCCCSC=C1CCCC(C)C1=O. The molecule has 14 heavy (non-hydrogen) atoms. The molecule has 80 valence electrons. The number of carbonyl (C=O) groups excluding carboxylic acids is 1. The number of hydrogen-bond acceptors (Lipinski definition) is 2. The maximum atomic E-state index is 11.7. The molecule has 0 aromatic rings. The van der Waals surface area contributed by atoms with Gasteiger partial charge in [0.2, 0.25) is 0 Å². The van der Waals surface area contributed by atoms with Crippen LogP contribution in [0.2, 0.25) is 0 Å². The van der Waals surface area contributed by atoms with Crippen molar-refractivity contribution in [1.29, 1.82) is 0 Å². The molecule has 0 heterocycles. The van der Waals surface area contributed by atoms with Crippen LogP contribution < -0.4 is 0 Å². The van der Waals surface area contributed by atoms with E-state index in [0.29, 0.717) is 5.78 Å². The normalized spacial score (nSPS) is 25.7. The molecule has 0 radical (unpaired) electrons. The third-order valence-corrected chi connectivity index (χ3v) is 3.66. The van der Waals surface area contributed by atoms with Gasteiger partial charge in [0.25, 0.3) is 0 Å². The molecule has 0 aromatic heterocycles. The molecule has 1 fully saturated rings. The van der Waals surface area contributed by atoms with Crippen molar-refractivity contribution in [2.75, 3.05) is 5.75 Å². The molecule has 0 N–H and O–H groups in total. The molecule has 0 aliphatic heterocycles. The molecule has 1 nitrogen and oxygen atoms in total. The second kappa shape index (κ2) is 6.28. The van der Waals surface area contributed by atoms with Gasteiger partial charge in [0.1, 0.15) is 0 Å². The lowest BCUT2D eigenvalue weighted by molar-refractivity contribution is -0.119. The quantitative estimate of drug-likeness (QED) is 0.521. The van der Waals surface area contributed by atoms with Crippen molar-refractivity contribution in [1.82, 2.24) is 0 Å². The monoisotopic (exact) mass is 212 g/mol. The third kappa shape index (κ3) is 3.49. The minimum atomic E-state index is 0.266. The lowest BCUT2D eigenvalue weighted by Crippen LogP contribution is -2.18. The maximum Gasteiger partial charge on any atom is 0.162 e. The van der Waals surface area contributed by atoms with E-state index < -0.39 is 0 Å². The minimum Gasteiger partial charge on any atom is -0.294 e. The van der Waals surface area contributed by atoms with Gasteiger partial charge in [-0.1, -0.05) is 20.3 Å². The Hall–Kier alpha value is -0.240. The van der Waals surface area contributed by atoms with Crippen LogP contribution in [0.4, 0.5) is 0 Å². The number of carbonyl (C=O) groups is 1. The van der Waals surface area contributed by atoms with Gasteiger partial charge in [0.15, 0.2) is 5.78 Å². The summed E-state index contributed by atoms with van der Waals surface area (Å²) < 4.78 is 0. The Morgan fingerprint density at radius 1 is 1.57 bits per heavy atom. The van der Waals surface area contributed by atoms with Gasteiger partial charge in [-0.25, -0.2) is 0 Å². The summed E-state index contributed by atoms with van der Waals surface area (Å²) in [5.74, 6) is 1.81. The molecule has 1 unspecified atom stereocenters. The summed E-state index contributed by atoms with van der Waals surface area (Å²) in [4.78, 5) is 11.7. The molecule has 0 spiro atoms. The average molecular weight is 212 g/mol. The number of allylic oxidation sites excluding steroid dienone is 1. The van der Waals surface area contributed by atoms with E-state index in [0.717, 1.165) is 24.2 Å². The molecule has 1 aliphatic carbocycles. The van der Waals surface area contributed by atoms with Crippen LogP contribution in [-0.2, 0) is 4.79 Å². The van der Waals surface area contributed by atoms with E-state index in [-0.39, 0.29) is 5.92 Å². The number of thioether (sulfide) groups is 1. The van der Waals surface area contributed by atoms with Crippen LogP contribution in [0.1, 0.15) is 46.0 Å². The highest BCUT2D eigenvalue weighted by Crippen LogP contribution is 2.26. The van der Waals surface area contributed by atoms with Crippen LogP contribution >= 0.6 is 11.8 Å². The van der Waals surface area contributed by atoms with Crippen molar-refractivity contribution in [3.8, 4) is 0 Å². The highest BCUT2D eigenvalue weighted by atomic mass is 32.2. The lowest BCUT2D eigenvalue weighted by atomic mass is 9.86. The van der Waals surface area contributed by atoms with Gasteiger partial charge in [0, 0.05) is 11.5 Å². The van der Waals surface area contributed by atoms with Gasteiger partial charge in [-0.3, -0.25) is 4.79 Å². The van der Waals surface area contributed by atoms with Crippen molar-refractivity contribution < 1.29 is 4.79 Å². The first kappa shape index (κ1) is 11.8. The van der Waals surface area contributed by atoms with Crippen molar-refractivity contribution in [3.05, 3.63) is 11.0 Å². The zero-order valence-electron chi connectivity index (χ0n) is 9.21. The first-order valence-corrected chi connectivity index (χ1v) is 6.65. The number of rotatable bonds is 4. The summed E-state index contributed by atoms with van der Waals surface area (Å²) in [7, 11) is 0. The molecular weight excluding hydrogens is 192 g/mol. The summed E-state index contributed by atoms with van der Waals surface area (Å²) in [6, 6.07) is 0. The summed E-state index contributed by atoms with van der Waals surface area (Å²) in [5.41, 5.74) is 1.07. The van der Waals surface area contributed by atoms with Crippen molar-refractivity contribution in [2.24, 2.45) is 5.92 Å². The first-order valence-electron chi connectivity index (χ1n) is 5.60. The highest BCUT2D eigenvalue weighted by molar-refractivity contribution is 8.02. The van der Waals surface area contributed by atoms with Gasteiger partial charge < -0.3 is 0 Å². The largest absolute Gasteiger partial charge is 0.294 e. The second-order valence-electron chi connectivity index (χ2n) is 4.02. The average Bonchev–Trinajstić information content (AvgIpc) is 2.19. The van der Waals surface area contributed by atoms with Crippen LogP contribution in [0.3, 0.4) is 0 Å². The number of ketones is 1. The Bertz CT molecular complexity index is 220. The topological polar surface area (TPSA) is 17.1 Å². The fourth-order valence-corrected chi connectivity index (χ4v) is 2.68. The smallest absolute Gasteiger partial charge is 0.162 e. The molecule has 0 amide bonds. The van der Waals surface area contributed by atoms with Crippen LogP contribution in [0.25, 0.3) is 0 Å². The molecule has 1 atom stereocenters. The van der Waals surface area contributed by atoms with Crippen molar-refractivity contribution >= 4 is 17.5 Å². The molecule has 0 bridgehead atoms. The minimum absolute atomic E-state index is 0.266. The van der Waals surface area contributed by atoms with E-state index in [1.165, 1.54) is 19.3 Å². The van der Waals surface area contributed by atoms with Gasteiger partial charge in [-0.05, 0) is 36.8 Å². The van der Waals surface area contributed by atoms with E-state index in [1.807, 2.05) is 18.7 Å². The van der Waals surface area contributed by atoms with E-state index in [1.54, 1.807) is 0 Å². The molecular formula is C12H20OS. The van der Waals surface area contributed by atoms with E-state index in [9.17, 15) is 4.79 Å². The zero-order chi connectivity index (χ0) is 10.4. The second-order valence-corrected chi connectivity index (χ2v) is 5.00. The Morgan fingerprint density at radius 2 is 2.36 bits per heavy atom. The molecule has 1 aliphatic rings. The Labute approximate surface area is 91.3 Å². The Balaban J connectivity index is 2.37. The molecule has 1 rings (SSSR count). The highest BCUT2D eigenvalue weighted by Gasteiger charge is 2.21. The van der Waals surface area contributed by atoms with Crippen molar-refractivity contribution in [3.63, 3.8) is 0 Å². The third-order valence-electron chi connectivity index (χ3n) is 2.69. The van der Waals surface area contributed by atoms with Crippen LogP contribution in [0.5, 0.6) is 0 Å².